The van der Waals surface area contributed by atoms with Gasteiger partial charge in [-0.15, -0.1) is 0 Å². The number of nitrogens with one attached hydrogen (secondary N) is 3. The molecule has 2 aliphatic rings. The third kappa shape index (κ3) is 6.31. The van der Waals surface area contributed by atoms with E-state index < -0.39 is 18.0 Å². The molecule has 2 atom stereocenters. The van der Waals surface area contributed by atoms with Crippen LogP contribution in [0.15, 0.2) is 18.2 Å². The highest BCUT2D eigenvalue weighted by molar-refractivity contribution is 6.34. The lowest BCUT2D eigenvalue weighted by Crippen LogP contribution is -2.38. The number of fused-ring (bicyclic) bond motifs is 1. The molecule has 38 heavy (non-hydrogen) atoms. The van der Waals surface area contributed by atoms with E-state index in [9.17, 15) is 29.0 Å². The van der Waals surface area contributed by atoms with Gasteiger partial charge in [0.2, 0.25) is 5.91 Å². The van der Waals surface area contributed by atoms with Crippen molar-refractivity contribution in [1.29, 1.82) is 0 Å². The summed E-state index contributed by atoms with van der Waals surface area (Å²) >= 11 is 0. The number of nitrogens with zero attached hydrogens (tertiary/aromatic N) is 1. The first-order valence-electron chi connectivity index (χ1n) is 13.1. The number of anilines is 1. The standard InChI is InChI=1S/C28H35FN4O5/c1-16-24(15-22-21-12-18(29)6-7-23(21)32-27(22)37)31-17(2)26(16)28(38)30-9-8-19(34)13-20(35)14-25(36)33-10-4-3-5-11-33/h6-7,12,15,19-20,31,34-35H,3-5,8-11,13-14H2,1-2H3,(H,30,38)(H,32,37)/b22-15-/t19-,20-/m1/s1. The number of aliphatic hydroxyl groups is 2. The molecule has 1 fully saturated rings. The van der Waals surface area contributed by atoms with E-state index in [1.54, 1.807) is 24.8 Å². The first-order valence-corrected chi connectivity index (χ1v) is 13.1. The predicted molar refractivity (Wildman–Crippen MR) is 142 cm³/mol. The molecule has 0 aliphatic carbocycles. The number of aromatic amines is 1. The fourth-order valence-electron chi connectivity index (χ4n) is 5.14. The second kappa shape index (κ2) is 11.9. The zero-order valence-electron chi connectivity index (χ0n) is 21.8. The molecule has 4 rings (SSSR count). The minimum Gasteiger partial charge on any atom is -0.393 e. The summed E-state index contributed by atoms with van der Waals surface area (Å²) in [6.45, 7) is 5.12. The van der Waals surface area contributed by atoms with Gasteiger partial charge < -0.3 is 30.7 Å². The lowest BCUT2D eigenvalue weighted by atomic mass is 10.0. The van der Waals surface area contributed by atoms with Crippen molar-refractivity contribution in [2.24, 2.45) is 0 Å². The number of amides is 3. The Labute approximate surface area is 221 Å². The minimum absolute atomic E-state index is 0.0153. The van der Waals surface area contributed by atoms with Gasteiger partial charge in [-0.3, -0.25) is 14.4 Å². The molecule has 0 bridgehead atoms. The number of benzene rings is 1. The van der Waals surface area contributed by atoms with Crippen LogP contribution in [0.2, 0.25) is 0 Å². The highest BCUT2D eigenvalue weighted by atomic mass is 19.1. The Morgan fingerprint density at radius 2 is 1.89 bits per heavy atom. The Kier molecular flexibility index (Phi) is 8.63. The highest BCUT2D eigenvalue weighted by Gasteiger charge is 2.26. The zero-order valence-corrected chi connectivity index (χ0v) is 21.8. The molecule has 1 aromatic carbocycles. The summed E-state index contributed by atoms with van der Waals surface area (Å²) in [7, 11) is 0. The van der Waals surface area contributed by atoms with Gasteiger partial charge in [0.05, 0.1) is 29.8 Å². The number of aromatic nitrogens is 1. The van der Waals surface area contributed by atoms with Crippen molar-refractivity contribution in [3.8, 4) is 0 Å². The van der Waals surface area contributed by atoms with Crippen LogP contribution >= 0.6 is 0 Å². The van der Waals surface area contributed by atoms with E-state index in [4.69, 9.17) is 0 Å². The van der Waals surface area contributed by atoms with Crippen LogP contribution in [0.25, 0.3) is 11.6 Å². The summed E-state index contributed by atoms with van der Waals surface area (Å²) in [4.78, 5) is 42.5. The van der Waals surface area contributed by atoms with Crippen LogP contribution in [0.4, 0.5) is 10.1 Å². The van der Waals surface area contributed by atoms with Crippen molar-refractivity contribution in [3.05, 3.63) is 52.1 Å². The molecule has 2 aliphatic heterocycles. The van der Waals surface area contributed by atoms with Crippen LogP contribution in [-0.4, -0.2) is 69.7 Å². The summed E-state index contributed by atoms with van der Waals surface area (Å²) in [5, 5.41) is 26.0. The van der Waals surface area contributed by atoms with Gasteiger partial charge in [0.1, 0.15) is 5.82 Å². The summed E-state index contributed by atoms with van der Waals surface area (Å²) in [5.41, 5.74) is 3.53. The maximum atomic E-state index is 13.8. The first kappa shape index (κ1) is 27.5. The largest absolute Gasteiger partial charge is 0.393 e. The van der Waals surface area contributed by atoms with E-state index in [1.807, 2.05) is 0 Å². The first-order chi connectivity index (χ1) is 18.1. The SMILES string of the molecule is Cc1[nH]c(/C=C2\C(=O)Nc3ccc(F)cc32)c(C)c1C(=O)NCC[C@@H](O)C[C@@H](O)CC(=O)N1CCCCC1. The molecular weight excluding hydrogens is 491 g/mol. The van der Waals surface area contributed by atoms with Gasteiger partial charge in [0.25, 0.3) is 11.8 Å². The van der Waals surface area contributed by atoms with Gasteiger partial charge in [-0.1, -0.05) is 0 Å². The van der Waals surface area contributed by atoms with Crippen molar-refractivity contribution in [1.82, 2.24) is 15.2 Å². The van der Waals surface area contributed by atoms with Gasteiger partial charge >= 0.3 is 0 Å². The number of likely N-dealkylation sites (tertiary alicyclic amines) is 1. The number of carbonyl (C=O) groups excluding carboxylic acids is 3. The van der Waals surface area contributed by atoms with Crippen molar-refractivity contribution in [2.75, 3.05) is 25.0 Å². The highest BCUT2D eigenvalue weighted by Crippen LogP contribution is 2.34. The van der Waals surface area contributed by atoms with Crippen molar-refractivity contribution < 1.29 is 29.0 Å². The molecule has 10 heteroatoms. The molecule has 204 valence electrons. The lowest BCUT2D eigenvalue weighted by molar-refractivity contribution is -0.134. The van der Waals surface area contributed by atoms with Crippen LogP contribution in [0.1, 0.15) is 71.4 Å². The molecule has 9 nitrogen and oxygen atoms in total. The normalized spacial score (nSPS) is 17.8. The molecule has 0 radical (unpaired) electrons. The van der Waals surface area contributed by atoms with Crippen LogP contribution in [-0.2, 0) is 9.59 Å². The van der Waals surface area contributed by atoms with Crippen LogP contribution in [0.5, 0.6) is 0 Å². The number of H-pyrrole nitrogens is 1. The van der Waals surface area contributed by atoms with Gasteiger partial charge in [-0.25, -0.2) is 4.39 Å². The second-order valence-electron chi connectivity index (χ2n) is 10.1. The van der Waals surface area contributed by atoms with Crippen molar-refractivity contribution >= 4 is 35.1 Å². The lowest BCUT2D eigenvalue weighted by Gasteiger charge is -2.27. The molecule has 5 N–H and O–H groups in total. The predicted octanol–water partition coefficient (Wildman–Crippen LogP) is 2.90. The van der Waals surface area contributed by atoms with E-state index in [0.29, 0.717) is 39.3 Å². The summed E-state index contributed by atoms with van der Waals surface area (Å²) in [6.07, 6.45) is 3.14. The second-order valence-corrected chi connectivity index (χ2v) is 10.1. The van der Waals surface area contributed by atoms with E-state index in [2.05, 4.69) is 15.6 Å². The molecular formula is C28H35FN4O5. The Morgan fingerprint density at radius 3 is 2.63 bits per heavy atom. The minimum atomic E-state index is -0.939. The number of aliphatic hydroxyl groups excluding tert-OH is 2. The zero-order chi connectivity index (χ0) is 27.4. The number of carbonyl (C=O) groups is 3. The quantitative estimate of drug-likeness (QED) is 0.320. The third-order valence-electron chi connectivity index (χ3n) is 7.18. The van der Waals surface area contributed by atoms with E-state index in [1.165, 1.54) is 18.2 Å². The van der Waals surface area contributed by atoms with E-state index in [0.717, 1.165) is 32.4 Å². The number of aryl methyl sites for hydroxylation is 1. The fourth-order valence-corrected chi connectivity index (χ4v) is 5.14. The molecule has 1 saturated heterocycles. The average Bonchev–Trinajstić information content (AvgIpc) is 3.33. The number of halogens is 1. The molecule has 0 saturated carbocycles. The van der Waals surface area contributed by atoms with Crippen LogP contribution in [0, 0.1) is 19.7 Å². The Hall–Kier alpha value is -3.50. The van der Waals surface area contributed by atoms with Crippen LogP contribution in [0.3, 0.4) is 0 Å². The van der Waals surface area contributed by atoms with Gasteiger partial charge in [0, 0.05) is 42.3 Å². The third-order valence-corrected chi connectivity index (χ3v) is 7.18. The summed E-state index contributed by atoms with van der Waals surface area (Å²) < 4.78 is 13.8. The topological polar surface area (TPSA) is 135 Å². The molecule has 0 spiro atoms. The van der Waals surface area contributed by atoms with E-state index in [-0.39, 0.29) is 43.5 Å². The van der Waals surface area contributed by atoms with Gasteiger partial charge in [-0.05, 0) is 75.8 Å². The molecule has 2 aromatic rings. The average molecular weight is 527 g/mol. The summed E-state index contributed by atoms with van der Waals surface area (Å²) in [5.74, 6) is -1.23. The summed E-state index contributed by atoms with van der Waals surface area (Å²) in [6, 6.07) is 4.08. The van der Waals surface area contributed by atoms with Crippen LogP contribution < -0.4 is 10.6 Å². The Bertz CT molecular complexity index is 1250. The number of hydrogen-bond donors (Lipinski definition) is 5. The smallest absolute Gasteiger partial charge is 0.256 e. The molecule has 3 amide bonds. The van der Waals surface area contributed by atoms with Crippen molar-refractivity contribution in [2.45, 2.75) is 64.6 Å². The Morgan fingerprint density at radius 1 is 1.16 bits per heavy atom. The maximum absolute atomic E-state index is 13.8. The maximum Gasteiger partial charge on any atom is 0.256 e. The molecule has 3 heterocycles. The molecule has 0 unspecified atom stereocenters. The monoisotopic (exact) mass is 526 g/mol. The number of hydrogen-bond acceptors (Lipinski definition) is 5. The number of piperidine rings is 1. The van der Waals surface area contributed by atoms with Crippen molar-refractivity contribution in [3.63, 3.8) is 0 Å². The van der Waals surface area contributed by atoms with Gasteiger partial charge in [-0.2, -0.15) is 0 Å². The Balaban J connectivity index is 1.31. The fraction of sp³-hybridized carbons (Fsp3) is 0.464. The molecule has 1 aromatic heterocycles. The van der Waals surface area contributed by atoms with E-state index >= 15 is 0 Å². The van der Waals surface area contributed by atoms with Gasteiger partial charge in [0.15, 0.2) is 0 Å². The number of rotatable bonds is 9.